The van der Waals surface area contributed by atoms with Crippen LogP contribution < -0.4 is 16.6 Å². The van der Waals surface area contributed by atoms with Gasteiger partial charge in [-0.2, -0.15) is 0 Å². The number of urea groups is 1. The molecule has 3 aromatic rings. The third-order valence-corrected chi connectivity index (χ3v) is 5.99. The van der Waals surface area contributed by atoms with E-state index in [1.165, 1.54) is 23.5 Å². The van der Waals surface area contributed by atoms with Crippen molar-refractivity contribution in [3.63, 3.8) is 0 Å². The van der Waals surface area contributed by atoms with Crippen molar-refractivity contribution in [2.75, 3.05) is 5.75 Å². The number of carbonyl (C=O) groups is 2. The van der Waals surface area contributed by atoms with Crippen molar-refractivity contribution >= 4 is 45.3 Å². The average Bonchev–Trinajstić information content (AvgIpc) is 3.10. The average molecular weight is 435 g/mol. The molecule has 0 unspecified atom stereocenters. The molecule has 1 aromatic carbocycles. The van der Waals surface area contributed by atoms with Crippen molar-refractivity contribution in [1.82, 2.24) is 14.9 Å². The molecule has 2 aromatic heterocycles. The van der Waals surface area contributed by atoms with Crippen LogP contribution in [-0.2, 0) is 11.3 Å². The van der Waals surface area contributed by atoms with Crippen molar-refractivity contribution in [1.29, 1.82) is 0 Å². The van der Waals surface area contributed by atoms with Gasteiger partial charge in [-0.05, 0) is 24.1 Å². The van der Waals surface area contributed by atoms with Gasteiger partial charge in [-0.25, -0.2) is 14.2 Å². The van der Waals surface area contributed by atoms with Gasteiger partial charge < -0.3 is 5.73 Å². The number of fused-ring (bicyclic) bond motifs is 1. The van der Waals surface area contributed by atoms with Crippen LogP contribution in [0.4, 0.5) is 9.18 Å². The molecule has 0 aliphatic heterocycles. The molecule has 0 aliphatic rings. The zero-order valence-electron chi connectivity index (χ0n) is 15.6. The zero-order chi connectivity index (χ0) is 21.0. The third kappa shape index (κ3) is 4.83. The summed E-state index contributed by atoms with van der Waals surface area (Å²) in [7, 11) is 0. The van der Waals surface area contributed by atoms with Gasteiger partial charge in [-0.15, -0.1) is 11.3 Å². The van der Waals surface area contributed by atoms with E-state index in [-0.39, 0.29) is 17.1 Å². The number of hydrogen-bond donors (Lipinski definition) is 2. The van der Waals surface area contributed by atoms with Crippen LogP contribution >= 0.6 is 23.1 Å². The van der Waals surface area contributed by atoms with E-state index in [2.05, 4.69) is 4.98 Å². The second kappa shape index (κ2) is 9.19. The van der Waals surface area contributed by atoms with Crippen molar-refractivity contribution < 1.29 is 14.0 Å². The molecule has 0 spiro atoms. The van der Waals surface area contributed by atoms with E-state index in [4.69, 9.17) is 5.73 Å². The van der Waals surface area contributed by atoms with Gasteiger partial charge in [0.25, 0.3) is 5.56 Å². The Morgan fingerprint density at radius 2 is 2.03 bits per heavy atom. The maximum absolute atomic E-state index is 13.3. The number of halogens is 1. The molecule has 29 heavy (non-hydrogen) atoms. The quantitative estimate of drug-likeness (QED) is 0.438. The van der Waals surface area contributed by atoms with Crippen LogP contribution in [0.5, 0.6) is 0 Å². The minimum absolute atomic E-state index is 0.0940. The highest BCUT2D eigenvalue weighted by Gasteiger charge is 2.18. The molecule has 2 heterocycles. The molecule has 0 saturated heterocycles. The predicted octanol–water partition coefficient (Wildman–Crippen LogP) is 3.35. The minimum atomic E-state index is -0.926. The smallest absolute Gasteiger partial charge is 0.318 e. The lowest BCUT2D eigenvalue weighted by Crippen LogP contribution is -2.36. The Hall–Kier alpha value is -2.72. The molecule has 3 amide bonds. The Morgan fingerprint density at radius 3 is 2.69 bits per heavy atom. The highest BCUT2D eigenvalue weighted by atomic mass is 32.2. The number of thioether (sulfide) groups is 1. The highest BCUT2D eigenvalue weighted by Crippen LogP contribution is 2.32. The largest absolute Gasteiger partial charge is 0.351 e. The predicted molar refractivity (Wildman–Crippen MR) is 113 cm³/mol. The first-order chi connectivity index (χ1) is 13.9. The maximum Gasteiger partial charge on any atom is 0.318 e. The Labute approximate surface area is 174 Å². The van der Waals surface area contributed by atoms with Gasteiger partial charge in [0.2, 0.25) is 5.91 Å². The first kappa shape index (κ1) is 21.0. The van der Waals surface area contributed by atoms with Crippen molar-refractivity contribution in [2.24, 2.45) is 5.73 Å². The first-order valence-corrected chi connectivity index (χ1v) is 10.8. The fraction of sp³-hybridized carbons (Fsp3) is 0.263. The Kier molecular flexibility index (Phi) is 6.65. The van der Waals surface area contributed by atoms with E-state index in [1.807, 2.05) is 17.6 Å². The van der Waals surface area contributed by atoms with Gasteiger partial charge >= 0.3 is 6.03 Å². The highest BCUT2D eigenvalue weighted by molar-refractivity contribution is 7.99. The summed E-state index contributed by atoms with van der Waals surface area (Å²) in [5, 5.41) is 4.70. The SMILES string of the molecule is CCCCn1c(SCC(=O)NC(N)=O)nc2scc(-c3ccc(F)cc3)c2c1=O. The number of benzene rings is 1. The van der Waals surface area contributed by atoms with Gasteiger partial charge in [-0.1, -0.05) is 37.2 Å². The Morgan fingerprint density at radius 1 is 1.31 bits per heavy atom. The zero-order valence-corrected chi connectivity index (χ0v) is 17.2. The first-order valence-electron chi connectivity index (χ1n) is 8.90. The fourth-order valence-electron chi connectivity index (χ4n) is 2.77. The van der Waals surface area contributed by atoms with E-state index in [1.54, 1.807) is 16.7 Å². The molecule has 0 saturated carbocycles. The molecule has 3 N–H and O–H groups in total. The van der Waals surface area contributed by atoms with Crippen LogP contribution in [0.3, 0.4) is 0 Å². The molecule has 0 aliphatic carbocycles. The van der Waals surface area contributed by atoms with E-state index >= 15 is 0 Å². The van der Waals surface area contributed by atoms with Crippen LogP contribution in [0.25, 0.3) is 21.3 Å². The third-order valence-electron chi connectivity index (χ3n) is 4.14. The molecular weight excluding hydrogens is 415 g/mol. The number of aromatic nitrogens is 2. The Balaban J connectivity index is 2.03. The Bertz CT molecular complexity index is 1110. The molecule has 0 radical (unpaired) electrons. The lowest BCUT2D eigenvalue weighted by Gasteiger charge is -2.12. The summed E-state index contributed by atoms with van der Waals surface area (Å²) >= 11 is 2.39. The van der Waals surface area contributed by atoms with E-state index < -0.39 is 11.9 Å². The standard InChI is InChI=1S/C19H19FN4O3S2/c1-2-3-8-24-17(26)15-13(11-4-6-12(20)7-5-11)9-28-16(15)23-19(24)29-10-14(25)22-18(21)27/h4-7,9H,2-3,8,10H2,1H3,(H3,21,22,25,27). The number of nitrogens with zero attached hydrogens (tertiary/aromatic N) is 2. The van der Waals surface area contributed by atoms with Crippen molar-refractivity contribution in [2.45, 2.75) is 31.5 Å². The van der Waals surface area contributed by atoms with Crippen LogP contribution in [0.2, 0.25) is 0 Å². The second-order valence-electron chi connectivity index (χ2n) is 6.24. The number of imide groups is 1. The number of thiophene rings is 1. The van der Waals surface area contributed by atoms with Crippen LogP contribution in [0.1, 0.15) is 19.8 Å². The molecule has 10 heteroatoms. The molecule has 3 rings (SSSR count). The van der Waals surface area contributed by atoms with Crippen molar-refractivity contribution in [3.8, 4) is 11.1 Å². The number of rotatable bonds is 7. The van der Waals surface area contributed by atoms with Crippen molar-refractivity contribution in [3.05, 3.63) is 45.8 Å². The van der Waals surface area contributed by atoms with Crippen LogP contribution in [0, 0.1) is 5.82 Å². The summed E-state index contributed by atoms with van der Waals surface area (Å²) in [5.74, 6) is -1.000. The van der Waals surface area contributed by atoms with E-state index in [0.717, 1.165) is 30.2 Å². The molecule has 0 bridgehead atoms. The summed E-state index contributed by atoms with van der Waals surface area (Å²) < 4.78 is 14.8. The summed E-state index contributed by atoms with van der Waals surface area (Å²) in [5.41, 5.74) is 6.18. The summed E-state index contributed by atoms with van der Waals surface area (Å²) in [6.45, 7) is 2.47. The van der Waals surface area contributed by atoms with Crippen LogP contribution in [-0.4, -0.2) is 27.2 Å². The number of primary amides is 1. The summed E-state index contributed by atoms with van der Waals surface area (Å²) in [6.07, 6.45) is 1.65. The fourth-order valence-corrected chi connectivity index (χ4v) is 4.59. The summed E-state index contributed by atoms with van der Waals surface area (Å²) in [6, 6.07) is 5.03. The normalized spacial score (nSPS) is 11.0. The molecule has 7 nitrogen and oxygen atoms in total. The van der Waals surface area contributed by atoms with E-state index in [0.29, 0.717) is 27.5 Å². The lowest BCUT2D eigenvalue weighted by atomic mass is 10.1. The van der Waals surface area contributed by atoms with Gasteiger partial charge in [0.1, 0.15) is 10.6 Å². The number of nitrogens with two attached hydrogens (primary N) is 1. The maximum atomic E-state index is 13.3. The molecule has 152 valence electrons. The van der Waals surface area contributed by atoms with Gasteiger partial charge in [0.05, 0.1) is 11.1 Å². The minimum Gasteiger partial charge on any atom is -0.351 e. The van der Waals surface area contributed by atoms with Gasteiger partial charge in [0.15, 0.2) is 5.16 Å². The number of unbranched alkanes of at least 4 members (excludes halogenated alkanes) is 1. The van der Waals surface area contributed by atoms with E-state index in [9.17, 15) is 18.8 Å². The number of nitrogens with one attached hydrogen (secondary N) is 1. The number of carbonyl (C=O) groups excluding carboxylic acids is 2. The topological polar surface area (TPSA) is 107 Å². The van der Waals surface area contributed by atoms with Crippen LogP contribution in [0.15, 0.2) is 39.6 Å². The summed E-state index contributed by atoms with van der Waals surface area (Å²) in [4.78, 5) is 40.9. The second-order valence-corrected chi connectivity index (χ2v) is 8.04. The van der Waals surface area contributed by atoms with Gasteiger partial charge in [-0.3, -0.25) is 19.5 Å². The molecular formula is C19H19FN4O3S2. The lowest BCUT2D eigenvalue weighted by molar-refractivity contribution is -0.117. The van der Waals surface area contributed by atoms with Gasteiger partial charge in [0, 0.05) is 17.5 Å². The molecule has 0 atom stereocenters. The number of hydrogen-bond acceptors (Lipinski definition) is 6. The monoisotopic (exact) mass is 434 g/mol. The molecule has 0 fully saturated rings. The number of amides is 3.